The fourth-order valence-corrected chi connectivity index (χ4v) is 1.45. The second-order valence-corrected chi connectivity index (χ2v) is 3.51. The van der Waals surface area contributed by atoms with E-state index < -0.39 is 10.8 Å². The van der Waals surface area contributed by atoms with Crippen LogP contribution in [0.2, 0.25) is 0 Å². The lowest BCUT2D eigenvalue weighted by molar-refractivity contribution is -0.385. The summed E-state index contributed by atoms with van der Waals surface area (Å²) in [6.45, 7) is 0. The van der Waals surface area contributed by atoms with Crippen molar-refractivity contribution in [1.29, 1.82) is 0 Å². The first-order valence-corrected chi connectivity index (χ1v) is 5.19. The van der Waals surface area contributed by atoms with Crippen LogP contribution < -0.4 is 5.32 Å². The van der Waals surface area contributed by atoms with Crippen molar-refractivity contribution in [2.45, 2.75) is 0 Å². The number of carbonyl (C=O) groups is 1. The molecule has 0 aliphatic rings. The van der Waals surface area contributed by atoms with Gasteiger partial charge in [-0.3, -0.25) is 14.9 Å². The Morgan fingerprint density at radius 3 is 2.82 bits per heavy atom. The molecule has 0 fully saturated rings. The highest BCUT2D eigenvalue weighted by atomic mass is 32.1. The number of pyridine rings is 1. The van der Waals surface area contributed by atoms with Gasteiger partial charge in [0.05, 0.1) is 4.92 Å². The van der Waals surface area contributed by atoms with Crippen LogP contribution in [0.15, 0.2) is 23.7 Å². The van der Waals surface area contributed by atoms with Crippen LogP contribution in [0.25, 0.3) is 0 Å². The molecule has 2 heterocycles. The van der Waals surface area contributed by atoms with Gasteiger partial charge in [0.2, 0.25) is 0 Å². The average molecular weight is 251 g/mol. The van der Waals surface area contributed by atoms with E-state index in [1.165, 1.54) is 17.5 Å². The number of hydrogen-bond acceptors (Lipinski definition) is 7. The van der Waals surface area contributed by atoms with Gasteiger partial charge in [-0.2, -0.15) is 0 Å². The quantitative estimate of drug-likeness (QED) is 0.645. The fourth-order valence-electron chi connectivity index (χ4n) is 1.01. The Balaban J connectivity index is 2.09. The second-order valence-electron chi connectivity index (χ2n) is 2.90. The third-order valence-corrected chi connectivity index (χ3v) is 2.30. The zero-order valence-corrected chi connectivity index (χ0v) is 9.05. The molecule has 0 aliphatic heterocycles. The van der Waals surface area contributed by atoms with Gasteiger partial charge in [0.25, 0.3) is 11.6 Å². The predicted molar refractivity (Wildman–Crippen MR) is 58.8 cm³/mol. The summed E-state index contributed by atoms with van der Waals surface area (Å²) < 4.78 is 3.54. The number of nitro groups is 1. The van der Waals surface area contributed by atoms with Gasteiger partial charge in [0, 0.05) is 11.4 Å². The van der Waals surface area contributed by atoms with Crippen LogP contribution in [0.3, 0.4) is 0 Å². The number of anilines is 1. The molecule has 2 aromatic heterocycles. The molecule has 1 N–H and O–H groups in total. The van der Waals surface area contributed by atoms with Gasteiger partial charge in [-0.05, 0) is 17.6 Å². The first-order valence-electron chi connectivity index (χ1n) is 4.35. The fraction of sp³-hybridized carbons (Fsp3) is 0. The molecule has 86 valence electrons. The average Bonchev–Trinajstić information content (AvgIpc) is 2.83. The minimum atomic E-state index is -0.567. The molecule has 2 aromatic rings. The van der Waals surface area contributed by atoms with E-state index in [9.17, 15) is 14.9 Å². The standard InChI is InChI=1S/C8H5N5O3S/c14-8(6-4-17-12-11-6)10-7-2-1-5(3-9-7)13(15)16/h1-4H,(H,9,10,14). The topological polar surface area (TPSA) is 111 Å². The maximum Gasteiger partial charge on any atom is 0.287 e. The minimum absolute atomic E-state index is 0.140. The van der Waals surface area contributed by atoms with Crippen LogP contribution >= 0.6 is 11.5 Å². The summed E-state index contributed by atoms with van der Waals surface area (Å²) in [6, 6.07) is 2.59. The highest BCUT2D eigenvalue weighted by Crippen LogP contribution is 2.12. The molecule has 1 amide bonds. The summed E-state index contributed by atoms with van der Waals surface area (Å²) in [5.41, 5.74) is 0.0356. The molecule has 0 spiro atoms. The van der Waals surface area contributed by atoms with Gasteiger partial charge in [-0.1, -0.05) is 4.49 Å². The zero-order valence-electron chi connectivity index (χ0n) is 8.23. The van der Waals surface area contributed by atoms with Gasteiger partial charge in [-0.15, -0.1) is 5.10 Å². The number of carbonyl (C=O) groups excluding carboxylic acids is 1. The molecule has 0 saturated carbocycles. The van der Waals surface area contributed by atoms with Crippen LogP contribution in [-0.4, -0.2) is 25.4 Å². The molecule has 17 heavy (non-hydrogen) atoms. The molecule has 0 aliphatic carbocycles. The molecular formula is C8H5N5O3S. The van der Waals surface area contributed by atoms with Crippen molar-refractivity contribution >= 4 is 28.9 Å². The lowest BCUT2D eigenvalue weighted by Gasteiger charge is -2.00. The molecule has 8 nitrogen and oxygen atoms in total. The van der Waals surface area contributed by atoms with E-state index in [1.54, 1.807) is 0 Å². The van der Waals surface area contributed by atoms with Crippen LogP contribution in [0, 0.1) is 10.1 Å². The second kappa shape index (κ2) is 4.61. The Kier molecular flexibility index (Phi) is 3.01. The SMILES string of the molecule is O=C(Nc1ccc([N+](=O)[O-])cn1)c1csnn1. The molecule has 2 rings (SSSR count). The van der Waals surface area contributed by atoms with Crippen molar-refractivity contribution < 1.29 is 9.72 Å². The third kappa shape index (κ3) is 2.58. The van der Waals surface area contributed by atoms with E-state index in [2.05, 4.69) is 19.9 Å². The maximum atomic E-state index is 11.5. The number of amides is 1. The summed E-state index contributed by atoms with van der Waals surface area (Å²) in [7, 11) is 0. The summed E-state index contributed by atoms with van der Waals surface area (Å²) in [6.07, 6.45) is 1.06. The first kappa shape index (κ1) is 11.1. The lowest BCUT2D eigenvalue weighted by atomic mass is 10.4. The monoisotopic (exact) mass is 251 g/mol. The minimum Gasteiger partial charge on any atom is -0.305 e. The number of aromatic nitrogens is 3. The molecule has 0 radical (unpaired) electrons. The van der Waals surface area contributed by atoms with E-state index in [1.807, 2.05) is 0 Å². The van der Waals surface area contributed by atoms with Crippen LogP contribution in [0.1, 0.15) is 10.5 Å². The van der Waals surface area contributed by atoms with E-state index in [0.29, 0.717) is 0 Å². The highest BCUT2D eigenvalue weighted by Gasteiger charge is 2.11. The molecular weight excluding hydrogens is 246 g/mol. The van der Waals surface area contributed by atoms with Gasteiger partial charge >= 0.3 is 0 Å². The summed E-state index contributed by atoms with van der Waals surface area (Å²) >= 11 is 1.05. The molecule has 0 saturated heterocycles. The van der Waals surface area contributed by atoms with Crippen molar-refractivity contribution in [3.8, 4) is 0 Å². The highest BCUT2D eigenvalue weighted by molar-refractivity contribution is 7.03. The molecule has 0 bridgehead atoms. The molecule has 0 aromatic carbocycles. The van der Waals surface area contributed by atoms with E-state index in [-0.39, 0.29) is 17.2 Å². The number of nitrogens with one attached hydrogen (secondary N) is 1. The van der Waals surface area contributed by atoms with Crippen LogP contribution in [-0.2, 0) is 0 Å². The van der Waals surface area contributed by atoms with Crippen molar-refractivity contribution in [2.24, 2.45) is 0 Å². The van der Waals surface area contributed by atoms with Gasteiger partial charge in [-0.25, -0.2) is 4.98 Å². The molecule has 0 unspecified atom stereocenters. The normalized spacial score (nSPS) is 9.88. The largest absolute Gasteiger partial charge is 0.305 e. The molecule has 9 heteroatoms. The van der Waals surface area contributed by atoms with Crippen LogP contribution in [0.4, 0.5) is 11.5 Å². The number of hydrogen-bond donors (Lipinski definition) is 1. The van der Waals surface area contributed by atoms with E-state index >= 15 is 0 Å². The molecule has 0 atom stereocenters. The van der Waals surface area contributed by atoms with Crippen molar-refractivity contribution in [3.05, 3.63) is 39.5 Å². The van der Waals surface area contributed by atoms with Crippen molar-refractivity contribution in [3.63, 3.8) is 0 Å². The third-order valence-electron chi connectivity index (χ3n) is 1.79. The number of rotatable bonds is 3. The first-order chi connectivity index (χ1) is 8.16. The van der Waals surface area contributed by atoms with Crippen LogP contribution in [0.5, 0.6) is 0 Å². The lowest BCUT2D eigenvalue weighted by Crippen LogP contribution is -2.13. The smallest absolute Gasteiger partial charge is 0.287 e. The van der Waals surface area contributed by atoms with Gasteiger partial charge < -0.3 is 5.32 Å². The summed E-state index contributed by atoms with van der Waals surface area (Å²) in [4.78, 5) is 25.1. The number of nitrogens with zero attached hydrogens (tertiary/aromatic N) is 4. The van der Waals surface area contributed by atoms with Gasteiger partial charge in [0.1, 0.15) is 12.0 Å². The maximum absolute atomic E-state index is 11.5. The van der Waals surface area contributed by atoms with E-state index in [4.69, 9.17) is 0 Å². The van der Waals surface area contributed by atoms with Crippen molar-refractivity contribution in [1.82, 2.24) is 14.6 Å². The van der Waals surface area contributed by atoms with Gasteiger partial charge in [0.15, 0.2) is 5.69 Å². The Hall–Kier alpha value is -2.42. The Labute approximate surface area is 98.6 Å². The summed E-state index contributed by atoms with van der Waals surface area (Å²) in [5.74, 6) is -0.242. The Morgan fingerprint density at radius 2 is 2.29 bits per heavy atom. The zero-order chi connectivity index (χ0) is 12.3. The predicted octanol–water partition coefficient (Wildman–Crippen LogP) is 1.09. The summed E-state index contributed by atoms with van der Waals surface area (Å²) in [5, 5.41) is 17.9. The van der Waals surface area contributed by atoms with E-state index in [0.717, 1.165) is 17.7 Å². The van der Waals surface area contributed by atoms with Crippen molar-refractivity contribution in [2.75, 3.05) is 5.32 Å². The Bertz CT molecular complexity index is 539. The Morgan fingerprint density at radius 1 is 1.47 bits per heavy atom.